The van der Waals surface area contributed by atoms with Crippen molar-refractivity contribution >= 4 is 22.6 Å². The standard InChI is InChI=1S/C16H23I/c1-15(2,3)12-8-9-14(16(4,5)17)13(10-12)11-6-7-11/h8-11H,6-7H2,1-5H3. The van der Waals surface area contributed by atoms with E-state index in [-0.39, 0.29) is 8.84 Å². The zero-order valence-corrected chi connectivity index (χ0v) is 13.8. The summed E-state index contributed by atoms with van der Waals surface area (Å²) in [6.07, 6.45) is 2.76. The number of hydrogen-bond donors (Lipinski definition) is 0. The number of benzene rings is 1. The second kappa shape index (κ2) is 4.25. The Balaban J connectivity index is 2.49. The summed E-state index contributed by atoms with van der Waals surface area (Å²) in [6.45, 7) is 11.5. The van der Waals surface area contributed by atoms with Gasteiger partial charge in [-0.3, -0.25) is 0 Å². The number of rotatable bonds is 2. The van der Waals surface area contributed by atoms with Crippen LogP contribution in [0.5, 0.6) is 0 Å². The quantitative estimate of drug-likeness (QED) is 0.490. The summed E-state index contributed by atoms with van der Waals surface area (Å²) in [6, 6.07) is 7.15. The minimum absolute atomic E-state index is 0.242. The molecule has 0 N–H and O–H groups in total. The minimum atomic E-state index is 0.242. The molecule has 1 fully saturated rings. The van der Waals surface area contributed by atoms with Gasteiger partial charge in [0.2, 0.25) is 0 Å². The molecule has 1 aromatic rings. The first-order valence-electron chi connectivity index (χ1n) is 6.53. The van der Waals surface area contributed by atoms with E-state index in [4.69, 9.17) is 0 Å². The van der Waals surface area contributed by atoms with Crippen LogP contribution in [0.1, 0.15) is 70.1 Å². The maximum absolute atomic E-state index is 2.56. The van der Waals surface area contributed by atoms with Crippen molar-refractivity contribution in [3.8, 4) is 0 Å². The van der Waals surface area contributed by atoms with E-state index in [0.717, 1.165) is 5.92 Å². The van der Waals surface area contributed by atoms with Crippen LogP contribution in [0.3, 0.4) is 0 Å². The van der Waals surface area contributed by atoms with Gasteiger partial charge in [0.1, 0.15) is 0 Å². The topological polar surface area (TPSA) is 0 Å². The molecule has 2 rings (SSSR count). The molecule has 1 aliphatic rings. The molecular weight excluding hydrogens is 319 g/mol. The highest BCUT2D eigenvalue weighted by Gasteiger charge is 2.31. The van der Waals surface area contributed by atoms with Crippen LogP contribution in [0.2, 0.25) is 0 Å². The van der Waals surface area contributed by atoms with E-state index in [1.165, 1.54) is 24.0 Å². The fourth-order valence-corrected chi connectivity index (χ4v) is 2.79. The Morgan fingerprint density at radius 1 is 1.06 bits per heavy atom. The highest BCUT2D eigenvalue weighted by Crippen LogP contribution is 2.47. The van der Waals surface area contributed by atoms with Gasteiger partial charge >= 0.3 is 0 Å². The lowest BCUT2D eigenvalue weighted by molar-refractivity contribution is 0.588. The van der Waals surface area contributed by atoms with Gasteiger partial charge in [0, 0.05) is 3.42 Å². The minimum Gasteiger partial charge on any atom is -0.0743 e. The van der Waals surface area contributed by atoms with Crippen molar-refractivity contribution in [3.63, 3.8) is 0 Å². The smallest absolute Gasteiger partial charge is 0.0417 e. The Morgan fingerprint density at radius 3 is 2.06 bits per heavy atom. The van der Waals surface area contributed by atoms with Gasteiger partial charge in [-0.25, -0.2) is 0 Å². The molecule has 94 valence electrons. The first-order chi connectivity index (χ1) is 7.69. The van der Waals surface area contributed by atoms with Crippen molar-refractivity contribution in [1.82, 2.24) is 0 Å². The molecule has 1 heteroatoms. The van der Waals surface area contributed by atoms with Crippen molar-refractivity contribution in [2.24, 2.45) is 0 Å². The Bertz CT molecular complexity index is 414. The van der Waals surface area contributed by atoms with Crippen molar-refractivity contribution in [2.45, 2.75) is 62.2 Å². The van der Waals surface area contributed by atoms with E-state index in [9.17, 15) is 0 Å². The molecule has 0 bridgehead atoms. The maximum Gasteiger partial charge on any atom is 0.0417 e. The number of hydrogen-bond acceptors (Lipinski definition) is 0. The molecule has 0 saturated heterocycles. The fraction of sp³-hybridized carbons (Fsp3) is 0.625. The van der Waals surface area contributed by atoms with Gasteiger partial charge in [-0.15, -0.1) is 0 Å². The summed E-state index contributed by atoms with van der Waals surface area (Å²) in [5.41, 5.74) is 4.88. The van der Waals surface area contributed by atoms with Crippen LogP contribution in [-0.2, 0) is 8.84 Å². The Hall–Kier alpha value is -0.0500. The Kier molecular flexibility index (Phi) is 3.35. The first-order valence-corrected chi connectivity index (χ1v) is 7.61. The number of alkyl halides is 1. The van der Waals surface area contributed by atoms with Crippen LogP contribution in [0.4, 0.5) is 0 Å². The fourth-order valence-electron chi connectivity index (χ4n) is 2.30. The highest BCUT2D eigenvalue weighted by molar-refractivity contribution is 14.1. The van der Waals surface area contributed by atoms with Gasteiger partial charge < -0.3 is 0 Å². The van der Waals surface area contributed by atoms with Crippen molar-refractivity contribution in [2.75, 3.05) is 0 Å². The van der Waals surface area contributed by atoms with Crippen molar-refractivity contribution < 1.29 is 0 Å². The maximum atomic E-state index is 2.56. The molecule has 0 nitrogen and oxygen atoms in total. The van der Waals surface area contributed by atoms with Crippen LogP contribution in [0.15, 0.2) is 18.2 Å². The summed E-state index contributed by atoms with van der Waals surface area (Å²) in [5, 5.41) is 0. The predicted octanol–water partition coefficient (Wildman–Crippen LogP) is 5.53. The van der Waals surface area contributed by atoms with E-state index < -0.39 is 0 Å². The monoisotopic (exact) mass is 342 g/mol. The van der Waals surface area contributed by atoms with Crippen molar-refractivity contribution in [3.05, 3.63) is 34.9 Å². The molecule has 1 aliphatic carbocycles. The third kappa shape index (κ3) is 3.04. The third-order valence-electron chi connectivity index (χ3n) is 3.58. The zero-order valence-electron chi connectivity index (χ0n) is 11.6. The molecule has 0 heterocycles. The van der Waals surface area contributed by atoms with Crippen LogP contribution in [0, 0.1) is 0 Å². The van der Waals surface area contributed by atoms with Gasteiger partial charge in [-0.1, -0.05) is 61.6 Å². The van der Waals surface area contributed by atoms with Gasteiger partial charge in [0.15, 0.2) is 0 Å². The average Bonchev–Trinajstić information content (AvgIpc) is 2.97. The van der Waals surface area contributed by atoms with E-state index in [0.29, 0.717) is 0 Å². The number of halogens is 1. The first kappa shape index (κ1) is 13.4. The zero-order chi connectivity index (χ0) is 12.8. The molecule has 0 atom stereocenters. The molecule has 0 aliphatic heterocycles. The lowest BCUT2D eigenvalue weighted by Gasteiger charge is -2.26. The molecular formula is C16H23I. The third-order valence-corrected chi connectivity index (χ3v) is 4.16. The summed E-state index contributed by atoms with van der Waals surface area (Å²) in [4.78, 5) is 0. The summed E-state index contributed by atoms with van der Waals surface area (Å²) < 4.78 is 0.242. The van der Waals surface area contributed by atoms with Gasteiger partial charge in [0.25, 0.3) is 0 Å². The van der Waals surface area contributed by atoms with Crippen LogP contribution >= 0.6 is 22.6 Å². The van der Waals surface area contributed by atoms with Crippen LogP contribution in [-0.4, -0.2) is 0 Å². The second-order valence-corrected chi connectivity index (χ2v) is 9.50. The van der Waals surface area contributed by atoms with E-state index in [1.54, 1.807) is 5.56 Å². The van der Waals surface area contributed by atoms with Gasteiger partial charge in [-0.05, 0) is 54.7 Å². The summed E-state index contributed by atoms with van der Waals surface area (Å²) in [5.74, 6) is 0.835. The summed E-state index contributed by atoms with van der Waals surface area (Å²) >= 11 is 2.56. The predicted molar refractivity (Wildman–Crippen MR) is 84.2 cm³/mol. The Morgan fingerprint density at radius 2 is 1.65 bits per heavy atom. The molecule has 1 saturated carbocycles. The molecule has 0 amide bonds. The van der Waals surface area contributed by atoms with Crippen LogP contribution in [0.25, 0.3) is 0 Å². The van der Waals surface area contributed by atoms with Crippen LogP contribution < -0.4 is 0 Å². The molecule has 17 heavy (non-hydrogen) atoms. The lowest BCUT2D eigenvalue weighted by Crippen LogP contribution is -2.15. The SMILES string of the molecule is CC(C)(C)c1ccc(C(C)(C)I)c(C2CC2)c1. The molecule has 0 spiro atoms. The summed E-state index contributed by atoms with van der Waals surface area (Å²) in [7, 11) is 0. The molecule has 0 unspecified atom stereocenters. The van der Waals surface area contributed by atoms with Crippen molar-refractivity contribution in [1.29, 1.82) is 0 Å². The largest absolute Gasteiger partial charge is 0.0743 e. The average molecular weight is 342 g/mol. The second-order valence-electron chi connectivity index (χ2n) is 6.80. The Labute approximate surface area is 119 Å². The van der Waals surface area contributed by atoms with E-state index in [2.05, 4.69) is 75.4 Å². The highest BCUT2D eigenvalue weighted by atomic mass is 127. The normalized spacial score (nSPS) is 17.3. The molecule has 1 aromatic carbocycles. The van der Waals surface area contributed by atoms with E-state index in [1.807, 2.05) is 0 Å². The molecule has 0 aromatic heterocycles. The van der Waals surface area contributed by atoms with Gasteiger partial charge in [0.05, 0.1) is 0 Å². The van der Waals surface area contributed by atoms with E-state index >= 15 is 0 Å². The molecule has 0 radical (unpaired) electrons. The lowest BCUT2D eigenvalue weighted by atomic mass is 9.83. The van der Waals surface area contributed by atoms with Gasteiger partial charge in [-0.2, -0.15) is 0 Å².